The topological polar surface area (TPSA) is 107 Å². The highest BCUT2D eigenvalue weighted by Crippen LogP contribution is 2.24. The molecule has 0 radical (unpaired) electrons. The minimum absolute atomic E-state index is 0.110. The van der Waals surface area contributed by atoms with Gasteiger partial charge >= 0.3 is 5.91 Å². The molecule has 9 nitrogen and oxygen atoms in total. The minimum atomic E-state index is -0.681. The third-order valence-corrected chi connectivity index (χ3v) is 5.71. The molecule has 0 saturated carbocycles. The van der Waals surface area contributed by atoms with E-state index in [0.717, 1.165) is 11.3 Å². The number of aryl methyl sites for hydroxylation is 1. The molecule has 0 aliphatic carbocycles. The first-order valence-corrected chi connectivity index (χ1v) is 11.4. The Balaban J connectivity index is 1.38. The van der Waals surface area contributed by atoms with Gasteiger partial charge in [-0.15, -0.1) is 5.10 Å². The first-order valence-electron chi connectivity index (χ1n) is 11.0. The third kappa shape index (κ3) is 4.47. The van der Waals surface area contributed by atoms with Crippen molar-refractivity contribution < 1.29 is 9.59 Å². The van der Waals surface area contributed by atoms with Crippen LogP contribution in [-0.4, -0.2) is 36.4 Å². The lowest BCUT2D eigenvalue weighted by Gasteiger charge is -2.06. The van der Waals surface area contributed by atoms with Crippen LogP contribution in [-0.2, 0) is 0 Å². The predicted octanol–water partition coefficient (Wildman–Crippen LogP) is 4.16. The van der Waals surface area contributed by atoms with Crippen molar-refractivity contribution >= 4 is 23.4 Å². The van der Waals surface area contributed by atoms with Gasteiger partial charge in [0.25, 0.3) is 5.91 Å². The summed E-state index contributed by atoms with van der Waals surface area (Å²) in [6.07, 6.45) is 0. The van der Waals surface area contributed by atoms with Gasteiger partial charge in [0.15, 0.2) is 5.82 Å². The Labute approximate surface area is 211 Å². The summed E-state index contributed by atoms with van der Waals surface area (Å²) >= 11 is 6.45. The number of hydrogen-bond donors (Lipinski definition) is 2. The molecule has 5 aromatic rings. The van der Waals surface area contributed by atoms with Crippen molar-refractivity contribution in [3.8, 4) is 22.8 Å². The summed E-state index contributed by atoms with van der Waals surface area (Å²) in [5.74, 6) is -0.916. The van der Waals surface area contributed by atoms with Crippen molar-refractivity contribution in [1.82, 2.24) is 35.4 Å². The quantitative estimate of drug-likeness (QED) is 0.355. The minimum Gasteiger partial charge on any atom is -0.267 e. The lowest BCUT2D eigenvalue weighted by molar-refractivity contribution is 0.0840. The zero-order chi connectivity index (χ0) is 25.1. The monoisotopic (exact) mass is 497 g/mol. The van der Waals surface area contributed by atoms with Crippen LogP contribution in [0.15, 0.2) is 91.0 Å². The van der Waals surface area contributed by atoms with Crippen LogP contribution in [0.3, 0.4) is 0 Å². The second-order valence-corrected chi connectivity index (χ2v) is 8.14. The fourth-order valence-corrected chi connectivity index (χ4v) is 4.02. The Morgan fingerprint density at radius 2 is 1.25 bits per heavy atom. The first kappa shape index (κ1) is 23.0. The Kier molecular flexibility index (Phi) is 6.29. The number of para-hydroxylation sites is 2. The summed E-state index contributed by atoms with van der Waals surface area (Å²) in [5.41, 5.74) is 7.55. The molecule has 2 N–H and O–H groups in total. The molecule has 10 heteroatoms. The number of hydrogen-bond acceptors (Lipinski definition) is 5. The van der Waals surface area contributed by atoms with E-state index in [1.165, 1.54) is 4.68 Å². The summed E-state index contributed by atoms with van der Waals surface area (Å²) in [4.78, 5) is 30.2. The second-order valence-electron chi connectivity index (χ2n) is 7.78. The summed E-state index contributed by atoms with van der Waals surface area (Å²) in [6.45, 7) is 1.66. The first-order chi connectivity index (χ1) is 17.5. The molecule has 5 rings (SSSR count). The molecule has 0 atom stereocenters. The highest BCUT2D eigenvalue weighted by atomic mass is 35.5. The van der Waals surface area contributed by atoms with Crippen LogP contribution < -0.4 is 10.9 Å². The van der Waals surface area contributed by atoms with Crippen molar-refractivity contribution in [3.63, 3.8) is 0 Å². The Bertz CT molecular complexity index is 1470. The average molecular weight is 498 g/mol. The molecular formula is C26H20ClN7O2. The van der Waals surface area contributed by atoms with Crippen LogP contribution in [0.2, 0.25) is 5.15 Å². The maximum atomic E-state index is 12.9. The van der Waals surface area contributed by atoms with Gasteiger partial charge in [0.05, 0.1) is 17.1 Å². The molecule has 0 aliphatic heterocycles. The number of nitrogens with zero attached hydrogens (tertiary/aromatic N) is 5. The molecule has 2 aromatic heterocycles. The largest absolute Gasteiger partial charge is 0.309 e. The maximum absolute atomic E-state index is 12.9. The Hall–Kier alpha value is -4.76. The summed E-state index contributed by atoms with van der Waals surface area (Å²) < 4.78 is 3.04. The summed E-state index contributed by atoms with van der Waals surface area (Å²) in [6, 6.07) is 27.9. The van der Waals surface area contributed by atoms with Gasteiger partial charge in [-0.1, -0.05) is 78.3 Å². The van der Waals surface area contributed by atoms with Gasteiger partial charge in [0.2, 0.25) is 5.82 Å². The smallest absolute Gasteiger partial charge is 0.267 e. The molecule has 0 fully saturated rings. The number of carbonyl (C=O) groups excluding carboxylic acids is 2. The highest BCUT2D eigenvalue weighted by Gasteiger charge is 2.23. The number of aromatic nitrogens is 5. The van der Waals surface area contributed by atoms with Gasteiger partial charge in [-0.2, -0.15) is 5.10 Å². The lowest BCUT2D eigenvalue weighted by Crippen LogP contribution is -2.42. The molecule has 3 aromatic carbocycles. The second kappa shape index (κ2) is 9.85. The van der Waals surface area contributed by atoms with Gasteiger partial charge in [-0.3, -0.25) is 20.4 Å². The van der Waals surface area contributed by atoms with Crippen molar-refractivity contribution in [2.45, 2.75) is 6.92 Å². The number of carbonyl (C=O) groups is 2. The van der Waals surface area contributed by atoms with E-state index >= 15 is 0 Å². The van der Waals surface area contributed by atoms with Crippen LogP contribution in [0.1, 0.15) is 26.7 Å². The molecule has 2 amide bonds. The van der Waals surface area contributed by atoms with E-state index in [2.05, 4.69) is 26.0 Å². The molecule has 0 aliphatic rings. The number of halogens is 1. The number of rotatable bonds is 5. The summed E-state index contributed by atoms with van der Waals surface area (Å²) in [7, 11) is 0. The molecular weight excluding hydrogens is 478 g/mol. The van der Waals surface area contributed by atoms with Crippen molar-refractivity contribution in [3.05, 3.63) is 113 Å². The number of hydrazine groups is 1. The molecule has 178 valence electrons. The van der Waals surface area contributed by atoms with E-state index in [4.69, 9.17) is 11.6 Å². The highest BCUT2D eigenvalue weighted by molar-refractivity contribution is 6.33. The van der Waals surface area contributed by atoms with Crippen molar-refractivity contribution in [2.24, 2.45) is 0 Å². The number of benzene rings is 3. The molecule has 0 saturated heterocycles. The van der Waals surface area contributed by atoms with E-state index < -0.39 is 11.8 Å². The lowest BCUT2D eigenvalue weighted by atomic mass is 10.2. The molecule has 36 heavy (non-hydrogen) atoms. The van der Waals surface area contributed by atoms with Crippen LogP contribution in [0.25, 0.3) is 22.8 Å². The standard InChI is InChI=1S/C26H20ClN7O2/c1-17-21(22(27)33(31-17)19-13-7-3-8-14-19)25(35)29-30-26(36)23-28-24(18-11-5-2-6-12-18)34(32-23)20-15-9-4-10-16-20/h2-16H,1H3,(H,29,35)(H,30,36). The normalized spacial score (nSPS) is 10.7. The van der Waals surface area contributed by atoms with Crippen LogP contribution in [0, 0.1) is 6.92 Å². The van der Waals surface area contributed by atoms with E-state index in [1.807, 2.05) is 91.0 Å². The van der Waals surface area contributed by atoms with E-state index in [0.29, 0.717) is 17.2 Å². The van der Waals surface area contributed by atoms with E-state index in [-0.39, 0.29) is 16.5 Å². The Morgan fingerprint density at radius 3 is 1.86 bits per heavy atom. The number of amides is 2. The maximum Gasteiger partial charge on any atom is 0.309 e. The van der Waals surface area contributed by atoms with Crippen molar-refractivity contribution in [1.29, 1.82) is 0 Å². The van der Waals surface area contributed by atoms with E-state index in [9.17, 15) is 9.59 Å². The fourth-order valence-electron chi connectivity index (χ4n) is 3.66. The van der Waals surface area contributed by atoms with Gasteiger partial charge in [0.1, 0.15) is 10.7 Å². The zero-order valence-electron chi connectivity index (χ0n) is 19.1. The van der Waals surface area contributed by atoms with Gasteiger partial charge in [0, 0.05) is 5.56 Å². The van der Waals surface area contributed by atoms with Gasteiger partial charge in [-0.05, 0) is 31.2 Å². The molecule has 0 spiro atoms. The predicted molar refractivity (Wildman–Crippen MR) is 135 cm³/mol. The Morgan fingerprint density at radius 1 is 0.722 bits per heavy atom. The van der Waals surface area contributed by atoms with Crippen molar-refractivity contribution in [2.75, 3.05) is 0 Å². The average Bonchev–Trinajstić information content (AvgIpc) is 3.50. The molecule has 2 heterocycles. The van der Waals surface area contributed by atoms with Crippen LogP contribution in [0.5, 0.6) is 0 Å². The molecule has 0 bridgehead atoms. The third-order valence-electron chi connectivity index (χ3n) is 5.36. The fraction of sp³-hybridized carbons (Fsp3) is 0.0385. The SMILES string of the molecule is Cc1nn(-c2ccccc2)c(Cl)c1C(=O)NNC(=O)c1nc(-c2ccccc2)n(-c2ccccc2)n1. The van der Waals surface area contributed by atoms with Gasteiger partial charge in [-0.25, -0.2) is 14.3 Å². The number of nitrogens with one attached hydrogen (secondary N) is 2. The zero-order valence-corrected chi connectivity index (χ0v) is 19.8. The molecule has 0 unspecified atom stereocenters. The van der Waals surface area contributed by atoms with Gasteiger partial charge < -0.3 is 0 Å². The summed E-state index contributed by atoms with van der Waals surface area (Å²) in [5, 5.41) is 8.87. The van der Waals surface area contributed by atoms with Crippen LogP contribution in [0.4, 0.5) is 0 Å². The van der Waals surface area contributed by atoms with Crippen LogP contribution >= 0.6 is 11.6 Å². The van der Waals surface area contributed by atoms with E-state index in [1.54, 1.807) is 11.6 Å².